The van der Waals surface area contributed by atoms with E-state index in [4.69, 9.17) is 4.74 Å². The molecule has 0 spiro atoms. The molecule has 1 unspecified atom stereocenters. The van der Waals surface area contributed by atoms with Gasteiger partial charge in [-0.3, -0.25) is 10.1 Å². The number of nitro benzene ring substituents is 1. The molecule has 3 aromatic rings. The van der Waals surface area contributed by atoms with Crippen molar-refractivity contribution in [2.24, 2.45) is 0 Å². The second kappa shape index (κ2) is 9.25. The first-order valence-corrected chi connectivity index (χ1v) is 11.8. The molecule has 0 radical (unpaired) electrons. The molecule has 1 fully saturated rings. The number of anilines is 1. The van der Waals surface area contributed by atoms with Gasteiger partial charge in [0.2, 0.25) is 10.0 Å². The van der Waals surface area contributed by atoms with E-state index in [9.17, 15) is 18.5 Å². The summed E-state index contributed by atoms with van der Waals surface area (Å²) in [6.07, 6.45) is 3.05. The summed E-state index contributed by atoms with van der Waals surface area (Å²) in [5, 5.41) is 15.9. The van der Waals surface area contributed by atoms with Crippen molar-refractivity contribution in [2.75, 3.05) is 38.3 Å². The third-order valence-corrected chi connectivity index (χ3v) is 7.67. The van der Waals surface area contributed by atoms with Crippen molar-refractivity contribution in [1.29, 1.82) is 0 Å². The van der Waals surface area contributed by atoms with Gasteiger partial charge in [-0.2, -0.15) is 9.40 Å². The molecule has 1 aliphatic heterocycles. The van der Waals surface area contributed by atoms with E-state index >= 15 is 0 Å². The second-order valence-electron chi connectivity index (χ2n) is 7.64. The minimum atomic E-state index is -3.84. The largest absolute Gasteiger partial charge is 0.379 e. The minimum absolute atomic E-state index is 0.0990. The highest BCUT2D eigenvalue weighted by Gasteiger charge is 2.30. The molecular formula is C21H24N6O5S. The standard InChI is InChI=1S/C21H24N6O5S/c1-16(17-3-5-18(6-4-17)26-15-22-14-23-26)24(2)20-8-7-19(13-21(20)27(28)29)33(30,31)25-9-11-32-12-10-25/h3-8,13-16H,9-12H2,1-2H3. The van der Waals surface area contributed by atoms with Crippen molar-refractivity contribution in [1.82, 2.24) is 19.1 Å². The van der Waals surface area contributed by atoms with Crippen LogP contribution in [0.25, 0.3) is 5.69 Å². The van der Waals surface area contributed by atoms with E-state index < -0.39 is 14.9 Å². The van der Waals surface area contributed by atoms with E-state index in [-0.39, 0.29) is 29.7 Å². The number of aromatic nitrogens is 3. The van der Waals surface area contributed by atoms with Gasteiger partial charge in [0.15, 0.2) is 0 Å². The molecule has 12 heteroatoms. The van der Waals surface area contributed by atoms with Crippen molar-refractivity contribution < 1.29 is 18.1 Å². The maximum absolute atomic E-state index is 13.0. The predicted octanol–water partition coefficient (Wildman–Crippen LogP) is 2.39. The Kier molecular flexibility index (Phi) is 6.40. The Morgan fingerprint density at radius 2 is 1.85 bits per heavy atom. The summed E-state index contributed by atoms with van der Waals surface area (Å²) in [6, 6.07) is 11.5. The van der Waals surface area contributed by atoms with Gasteiger partial charge in [0.1, 0.15) is 18.3 Å². The Bertz CT molecular complexity index is 1220. The first-order chi connectivity index (χ1) is 15.8. The van der Waals surface area contributed by atoms with Crippen LogP contribution in [-0.2, 0) is 14.8 Å². The van der Waals surface area contributed by atoms with Crippen molar-refractivity contribution in [3.05, 3.63) is 70.8 Å². The van der Waals surface area contributed by atoms with Crippen LogP contribution in [0, 0.1) is 10.1 Å². The van der Waals surface area contributed by atoms with Crippen LogP contribution < -0.4 is 4.90 Å². The number of morpholine rings is 1. The highest BCUT2D eigenvalue weighted by atomic mass is 32.2. The average molecular weight is 473 g/mol. The molecule has 2 heterocycles. The number of nitrogens with zero attached hydrogens (tertiary/aromatic N) is 6. The van der Waals surface area contributed by atoms with E-state index in [0.717, 1.165) is 17.3 Å². The number of sulfonamides is 1. The second-order valence-corrected chi connectivity index (χ2v) is 9.58. The molecule has 11 nitrogen and oxygen atoms in total. The van der Waals surface area contributed by atoms with Crippen LogP contribution in [0.15, 0.2) is 60.0 Å². The predicted molar refractivity (Wildman–Crippen MR) is 121 cm³/mol. The topological polar surface area (TPSA) is 124 Å². The van der Waals surface area contributed by atoms with E-state index in [1.807, 2.05) is 31.2 Å². The van der Waals surface area contributed by atoms with Gasteiger partial charge in [-0.15, -0.1) is 0 Å². The number of hydrogen-bond donors (Lipinski definition) is 0. The molecule has 0 saturated carbocycles. The fraction of sp³-hybridized carbons (Fsp3) is 0.333. The molecular weight excluding hydrogens is 448 g/mol. The molecule has 1 aliphatic rings. The monoisotopic (exact) mass is 472 g/mol. The summed E-state index contributed by atoms with van der Waals surface area (Å²) in [5.41, 5.74) is 1.84. The zero-order valence-corrected chi connectivity index (χ0v) is 19.1. The summed E-state index contributed by atoms with van der Waals surface area (Å²) in [4.78, 5) is 16.9. The Labute approximate surface area is 191 Å². The maximum atomic E-state index is 13.0. The van der Waals surface area contributed by atoms with Crippen LogP contribution >= 0.6 is 0 Å². The van der Waals surface area contributed by atoms with Crippen LogP contribution in [0.4, 0.5) is 11.4 Å². The van der Waals surface area contributed by atoms with E-state index in [1.54, 1.807) is 23.0 Å². The van der Waals surface area contributed by atoms with Crippen LogP contribution in [0.1, 0.15) is 18.5 Å². The number of nitro groups is 1. The molecule has 1 saturated heterocycles. The molecule has 0 bridgehead atoms. The summed E-state index contributed by atoms with van der Waals surface area (Å²) >= 11 is 0. The molecule has 2 aromatic carbocycles. The lowest BCUT2D eigenvalue weighted by molar-refractivity contribution is -0.384. The van der Waals surface area contributed by atoms with Crippen molar-refractivity contribution in [3.63, 3.8) is 0 Å². The first kappa shape index (κ1) is 22.8. The van der Waals surface area contributed by atoms with Crippen molar-refractivity contribution >= 4 is 21.4 Å². The zero-order valence-electron chi connectivity index (χ0n) is 18.2. The molecule has 33 heavy (non-hydrogen) atoms. The van der Waals surface area contributed by atoms with Gasteiger partial charge >= 0.3 is 0 Å². The lowest BCUT2D eigenvalue weighted by Crippen LogP contribution is -2.40. The number of rotatable bonds is 7. The van der Waals surface area contributed by atoms with Gasteiger partial charge in [0.05, 0.1) is 34.8 Å². The SMILES string of the molecule is CC(c1ccc(-n2cncn2)cc1)N(C)c1ccc(S(=O)(=O)N2CCOCC2)cc1[N+](=O)[O-]. The molecule has 1 aromatic heterocycles. The third kappa shape index (κ3) is 4.58. The maximum Gasteiger partial charge on any atom is 0.293 e. The minimum Gasteiger partial charge on any atom is -0.379 e. The Hall–Kier alpha value is -3.35. The fourth-order valence-corrected chi connectivity index (χ4v) is 5.15. The lowest BCUT2D eigenvalue weighted by Gasteiger charge is -2.28. The van der Waals surface area contributed by atoms with Crippen LogP contribution in [0.5, 0.6) is 0 Å². The Morgan fingerprint density at radius 1 is 1.15 bits per heavy atom. The van der Waals surface area contributed by atoms with Crippen LogP contribution in [-0.4, -0.2) is 65.8 Å². The molecule has 0 amide bonds. The Balaban J connectivity index is 1.61. The summed E-state index contributed by atoms with van der Waals surface area (Å²) in [7, 11) is -2.10. The van der Waals surface area contributed by atoms with Crippen LogP contribution in [0.3, 0.4) is 0 Å². The number of ether oxygens (including phenoxy) is 1. The molecule has 4 rings (SSSR count). The number of hydrogen-bond acceptors (Lipinski definition) is 8. The van der Waals surface area contributed by atoms with Crippen LogP contribution in [0.2, 0.25) is 0 Å². The van der Waals surface area contributed by atoms with Crippen molar-refractivity contribution in [2.45, 2.75) is 17.9 Å². The summed E-state index contributed by atoms with van der Waals surface area (Å²) in [6.45, 7) is 2.97. The third-order valence-electron chi connectivity index (χ3n) is 5.77. The molecule has 174 valence electrons. The van der Waals surface area contributed by atoms with Gasteiger partial charge in [0.25, 0.3) is 5.69 Å². The summed E-state index contributed by atoms with van der Waals surface area (Å²) < 4.78 is 34.0. The first-order valence-electron chi connectivity index (χ1n) is 10.3. The zero-order chi connectivity index (χ0) is 23.6. The fourth-order valence-electron chi connectivity index (χ4n) is 3.72. The molecule has 1 atom stereocenters. The van der Waals surface area contributed by atoms with E-state index in [1.165, 1.54) is 22.8 Å². The highest BCUT2D eigenvalue weighted by molar-refractivity contribution is 7.89. The molecule has 0 aliphatic carbocycles. The van der Waals surface area contributed by atoms with Gasteiger partial charge in [-0.1, -0.05) is 12.1 Å². The van der Waals surface area contributed by atoms with E-state index in [2.05, 4.69) is 10.1 Å². The smallest absolute Gasteiger partial charge is 0.293 e. The van der Waals surface area contributed by atoms with Gasteiger partial charge < -0.3 is 9.64 Å². The summed E-state index contributed by atoms with van der Waals surface area (Å²) in [5.74, 6) is 0. The van der Waals surface area contributed by atoms with Gasteiger partial charge in [0, 0.05) is 26.2 Å². The molecule has 0 N–H and O–H groups in total. The number of benzene rings is 2. The Morgan fingerprint density at radius 3 is 2.45 bits per heavy atom. The lowest BCUT2D eigenvalue weighted by atomic mass is 10.1. The average Bonchev–Trinajstić information content (AvgIpc) is 3.38. The van der Waals surface area contributed by atoms with Gasteiger partial charge in [-0.05, 0) is 36.8 Å². The van der Waals surface area contributed by atoms with Crippen molar-refractivity contribution in [3.8, 4) is 5.69 Å². The van der Waals surface area contributed by atoms with E-state index in [0.29, 0.717) is 18.9 Å². The van der Waals surface area contributed by atoms with Gasteiger partial charge in [-0.25, -0.2) is 18.1 Å². The quantitative estimate of drug-likeness (QED) is 0.379. The highest BCUT2D eigenvalue weighted by Crippen LogP contribution is 2.35. The normalized spacial score (nSPS) is 15.8.